The number of ether oxygens (including phenoxy) is 1. The normalized spacial score (nSPS) is 15.1. The summed E-state index contributed by atoms with van der Waals surface area (Å²) >= 11 is 0. The molecule has 3 rings (SSSR count). The van der Waals surface area contributed by atoms with Crippen LogP contribution in [0.2, 0.25) is 0 Å². The number of rotatable bonds is 10. The van der Waals surface area contributed by atoms with Crippen LogP contribution in [-0.4, -0.2) is 38.7 Å². The van der Waals surface area contributed by atoms with Crippen LogP contribution in [-0.2, 0) is 11.3 Å². The number of halogens is 1. The number of nitrogens with zero attached hydrogens (tertiary/aromatic N) is 1. The maximum absolute atomic E-state index is 12.1. The van der Waals surface area contributed by atoms with Crippen LogP contribution in [0.3, 0.4) is 0 Å². The Labute approximate surface area is 207 Å². The second kappa shape index (κ2) is 13.5. The topological polar surface area (TPSA) is 87.9 Å². The van der Waals surface area contributed by atoms with Crippen molar-refractivity contribution in [2.24, 2.45) is 10.4 Å². The zero-order valence-corrected chi connectivity index (χ0v) is 21.3. The van der Waals surface area contributed by atoms with Crippen molar-refractivity contribution in [3.8, 4) is 0 Å². The van der Waals surface area contributed by atoms with E-state index in [9.17, 15) is 4.79 Å². The summed E-state index contributed by atoms with van der Waals surface area (Å²) in [6.07, 6.45) is 7.66. The Kier molecular flexibility index (Phi) is 11.0. The van der Waals surface area contributed by atoms with Gasteiger partial charge in [-0.25, -0.2) is 0 Å². The number of amides is 1. The summed E-state index contributed by atoms with van der Waals surface area (Å²) in [4.78, 5) is 16.4. The predicted octanol–water partition coefficient (Wildman–Crippen LogP) is 4.80. The highest BCUT2D eigenvalue weighted by Gasteiger charge is 2.33. The minimum Gasteiger partial charge on any atom is -0.459 e. The van der Waals surface area contributed by atoms with Gasteiger partial charge in [0.2, 0.25) is 0 Å². The molecule has 1 amide bonds. The van der Waals surface area contributed by atoms with Crippen molar-refractivity contribution >= 4 is 41.5 Å². The highest BCUT2D eigenvalue weighted by molar-refractivity contribution is 14.0. The zero-order chi connectivity index (χ0) is 21.9. The van der Waals surface area contributed by atoms with Crippen molar-refractivity contribution in [3.05, 3.63) is 54.0 Å². The number of anilines is 1. The van der Waals surface area contributed by atoms with E-state index in [-0.39, 0.29) is 29.9 Å². The van der Waals surface area contributed by atoms with Gasteiger partial charge >= 0.3 is 0 Å². The third kappa shape index (κ3) is 7.81. The van der Waals surface area contributed by atoms with Crippen LogP contribution in [0.15, 0.2) is 52.1 Å². The fourth-order valence-corrected chi connectivity index (χ4v) is 4.06. The van der Waals surface area contributed by atoms with Crippen molar-refractivity contribution in [1.29, 1.82) is 0 Å². The lowest BCUT2D eigenvalue weighted by atomic mass is 9.83. The third-order valence-corrected chi connectivity index (χ3v) is 5.92. The average molecular weight is 554 g/mol. The van der Waals surface area contributed by atoms with Gasteiger partial charge in [0.05, 0.1) is 6.26 Å². The van der Waals surface area contributed by atoms with Crippen LogP contribution in [0.5, 0.6) is 0 Å². The second-order valence-corrected chi connectivity index (χ2v) is 8.06. The Balaban J connectivity index is 0.00000363. The molecule has 1 aliphatic rings. The quantitative estimate of drug-likeness (QED) is 0.170. The Bertz CT molecular complexity index is 831. The van der Waals surface area contributed by atoms with Crippen molar-refractivity contribution < 1.29 is 13.9 Å². The molecule has 8 heteroatoms. The summed E-state index contributed by atoms with van der Waals surface area (Å²) in [5, 5.41) is 9.73. The van der Waals surface area contributed by atoms with Gasteiger partial charge in [-0.15, -0.1) is 24.0 Å². The largest absolute Gasteiger partial charge is 0.459 e. The number of carbonyl (C=O) groups excluding carboxylic acids is 1. The molecule has 1 aliphatic carbocycles. The summed E-state index contributed by atoms with van der Waals surface area (Å²) in [6.45, 7) is 5.21. The first kappa shape index (κ1) is 26.2. The highest BCUT2D eigenvalue weighted by Crippen LogP contribution is 2.40. The van der Waals surface area contributed by atoms with Crippen molar-refractivity contribution in [3.63, 3.8) is 0 Å². The molecular weight excluding hydrogens is 519 g/mol. The number of guanidine groups is 1. The van der Waals surface area contributed by atoms with E-state index in [1.165, 1.54) is 31.9 Å². The first-order valence-electron chi connectivity index (χ1n) is 11.1. The molecule has 0 unspecified atom stereocenters. The second-order valence-electron chi connectivity index (χ2n) is 8.06. The Morgan fingerprint density at radius 1 is 1.16 bits per heavy atom. The van der Waals surface area contributed by atoms with Gasteiger partial charge in [0.1, 0.15) is 0 Å². The van der Waals surface area contributed by atoms with Gasteiger partial charge in [0.15, 0.2) is 11.7 Å². The molecule has 32 heavy (non-hydrogen) atoms. The lowest BCUT2D eigenvalue weighted by molar-refractivity contribution is 0.0996. The lowest BCUT2D eigenvalue weighted by Crippen LogP contribution is -2.43. The molecule has 0 atom stereocenters. The number of nitrogens with one attached hydrogen (secondary N) is 3. The number of aliphatic imine (C=N–C) groups is 1. The summed E-state index contributed by atoms with van der Waals surface area (Å²) < 4.78 is 10.7. The van der Waals surface area contributed by atoms with Gasteiger partial charge in [-0.3, -0.25) is 9.79 Å². The third-order valence-electron chi connectivity index (χ3n) is 5.92. The minimum absolute atomic E-state index is 0. The fourth-order valence-electron chi connectivity index (χ4n) is 4.06. The van der Waals surface area contributed by atoms with Gasteiger partial charge in [-0.05, 0) is 61.4 Å². The summed E-state index contributed by atoms with van der Waals surface area (Å²) in [6, 6.07) is 11.1. The highest BCUT2D eigenvalue weighted by atomic mass is 127. The van der Waals surface area contributed by atoms with E-state index < -0.39 is 0 Å². The number of carbonyl (C=O) groups is 1. The van der Waals surface area contributed by atoms with Crippen LogP contribution in [0.4, 0.5) is 5.69 Å². The zero-order valence-electron chi connectivity index (χ0n) is 19.0. The molecule has 0 saturated heterocycles. The first-order chi connectivity index (χ1) is 15.1. The van der Waals surface area contributed by atoms with Crippen LogP contribution >= 0.6 is 24.0 Å². The van der Waals surface area contributed by atoms with E-state index in [0.29, 0.717) is 17.7 Å². The van der Waals surface area contributed by atoms with E-state index in [4.69, 9.17) is 9.15 Å². The Morgan fingerprint density at radius 3 is 2.53 bits per heavy atom. The summed E-state index contributed by atoms with van der Waals surface area (Å²) in [7, 11) is 1.80. The van der Waals surface area contributed by atoms with E-state index in [0.717, 1.165) is 43.4 Å². The molecule has 0 radical (unpaired) electrons. The molecule has 176 valence electrons. The molecule has 1 heterocycles. The van der Waals surface area contributed by atoms with Gasteiger partial charge in [0, 0.05) is 39.0 Å². The maximum atomic E-state index is 12.1. The van der Waals surface area contributed by atoms with Crippen LogP contribution in [0.25, 0.3) is 0 Å². The molecule has 0 aliphatic heterocycles. The molecule has 7 nitrogen and oxygen atoms in total. The number of hydrogen-bond donors (Lipinski definition) is 3. The molecule has 0 bridgehead atoms. The maximum Gasteiger partial charge on any atom is 0.291 e. The minimum atomic E-state index is -0.259. The average Bonchev–Trinajstić information content (AvgIpc) is 3.48. The Morgan fingerprint density at radius 2 is 1.91 bits per heavy atom. The molecule has 0 spiro atoms. The summed E-state index contributed by atoms with van der Waals surface area (Å²) in [5.74, 6) is 0.838. The van der Waals surface area contributed by atoms with Crippen molar-refractivity contribution in [2.75, 3.05) is 32.1 Å². The standard InChI is InChI=1S/C24H34N4O3.HI/c1-3-30-16-14-24(12-4-5-13-24)18-27-23(25-2)26-17-19-8-10-20(11-9-19)28-22(29)21-7-6-15-31-21;/h6-11,15H,3-5,12-14,16-18H2,1-2H3,(H,28,29)(H2,25,26,27);1H. The fraction of sp³-hybridized carbons (Fsp3) is 0.500. The van der Waals surface area contributed by atoms with Crippen LogP contribution < -0.4 is 16.0 Å². The Hall–Kier alpha value is -2.07. The van der Waals surface area contributed by atoms with Crippen LogP contribution in [0.1, 0.15) is 55.1 Å². The molecule has 3 N–H and O–H groups in total. The smallest absolute Gasteiger partial charge is 0.291 e. The number of furan rings is 1. The van der Waals surface area contributed by atoms with Crippen molar-refractivity contribution in [1.82, 2.24) is 10.6 Å². The SMILES string of the molecule is CCOCCC1(CNC(=NC)NCc2ccc(NC(=O)c3ccco3)cc2)CCCC1.I. The van der Waals surface area contributed by atoms with E-state index in [1.807, 2.05) is 31.2 Å². The van der Waals surface area contributed by atoms with E-state index >= 15 is 0 Å². The number of benzene rings is 1. The van der Waals surface area contributed by atoms with Gasteiger partial charge in [-0.2, -0.15) is 0 Å². The van der Waals surface area contributed by atoms with E-state index in [2.05, 4.69) is 20.9 Å². The molecule has 1 aromatic carbocycles. The first-order valence-corrected chi connectivity index (χ1v) is 11.1. The monoisotopic (exact) mass is 554 g/mol. The molecule has 1 fully saturated rings. The molecular formula is C24H35IN4O3. The van der Waals surface area contributed by atoms with Gasteiger partial charge in [0.25, 0.3) is 5.91 Å². The van der Waals surface area contributed by atoms with E-state index in [1.54, 1.807) is 19.2 Å². The van der Waals surface area contributed by atoms with Gasteiger partial charge < -0.3 is 25.1 Å². The molecule has 1 saturated carbocycles. The lowest BCUT2D eigenvalue weighted by Gasteiger charge is -2.30. The molecule has 2 aromatic rings. The number of hydrogen-bond acceptors (Lipinski definition) is 4. The van der Waals surface area contributed by atoms with Crippen molar-refractivity contribution in [2.45, 2.75) is 45.6 Å². The molecule has 1 aromatic heterocycles. The van der Waals surface area contributed by atoms with Gasteiger partial charge in [-0.1, -0.05) is 25.0 Å². The predicted molar refractivity (Wildman–Crippen MR) is 139 cm³/mol. The summed E-state index contributed by atoms with van der Waals surface area (Å²) in [5.41, 5.74) is 2.14. The van der Waals surface area contributed by atoms with Crippen LogP contribution in [0, 0.1) is 5.41 Å².